The standard InChI is InChI=1S/C32H56N8.H2O.Zn/c1-2-10-18-17(9-1)25-33-26(18)38-28-21-13-5-6-14-22(21)30(35-28)40-32-24-16-8-7-15-23(24)31(36-32)39-29-20-12-4-3-11-19(20)27(34-29)37-25;;/h17-40H,1-16H2;1H2;. The van der Waals surface area contributed by atoms with Crippen LogP contribution < -0.4 is 42.5 Å². The van der Waals surface area contributed by atoms with E-state index in [9.17, 15) is 0 Å². The normalized spacial score (nSPS) is 54.9. The first kappa shape index (κ1) is 30.9. The predicted molar refractivity (Wildman–Crippen MR) is 161 cm³/mol. The molecule has 9 aliphatic rings. The quantitative estimate of drug-likeness (QED) is 0.189. The van der Waals surface area contributed by atoms with Crippen LogP contribution in [0.15, 0.2) is 0 Å². The summed E-state index contributed by atoms with van der Waals surface area (Å²) in [5.74, 6) is 5.97. The van der Waals surface area contributed by atoms with Gasteiger partial charge in [-0.1, -0.05) is 51.4 Å². The van der Waals surface area contributed by atoms with Gasteiger partial charge in [0.1, 0.15) is 0 Å². The molecule has 5 heterocycles. The van der Waals surface area contributed by atoms with Crippen LogP contribution in [0.1, 0.15) is 103 Å². The molecule has 4 aliphatic carbocycles. The fourth-order valence-corrected chi connectivity index (χ4v) is 12.0. The van der Waals surface area contributed by atoms with Crippen molar-refractivity contribution in [3.8, 4) is 0 Å². The molecule has 9 rings (SSSR count). The van der Waals surface area contributed by atoms with Crippen LogP contribution in [0, 0.1) is 47.3 Å². The summed E-state index contributed by atoms with van der Waals surface area (Å²) >= 11 is 0. The summed E-state index contributed by atoms with van der Waals surface area (Å²) in [6, 6.07) is 0. The summed E-state index contributed by atoms with van der Waals surface area (Å²) in [5, 5.41) is 33.8. The molecule has 8 atom stereocenters. The van der Waals surface area contributed by atoms with E-state index in [0.29, 0.717) is 49.3 Å². The molecule has 42 heavy (non-hydrogen) atoms. The molecule has 5 aliphatic heterocycles. The minimum atomic E-state index is 0. The molecule has 10 heteroatoms. The van der Waals surface area contributed by atoms with Gasteiger partial charge in [-0.15, -0.1) is 0 Å². The van der Waals surface area contributed by atoms with Gasteiger partial charge in [0, 0.05) is 19.5 Å². The molecule has 10 N–H and O–H groups in total. The first-order valence-corrected chi connectivity index (χ1v) is 17.9. The number of fused-ring (bicyclic) bond motifs is 20. The van der Waals surface area contributed by atoms with Crippen molar-refractivity contribution < 1.29 is 25.0 Å². The third-order valence-electron chi connectivity index (χ3n) is 13.8. The molecule has 8 bridgehead atoms. The van der Waals surface area contributed by atoms with Crippen LogP contribution in [0.4, 0.5) is 0 Å². The van der Waals surface area contributed by atoms with E-state index >= 15 is 0 Å². The molecule has 0 aromatic carbocycles. The van der Waals surface area contributed by atoms with Crippen molar-refractivity contribution in [3.63, 3.8) is 0 Å². The summed E-state index contributed by atoms with van der Waals surface area (Å²) in [5.41, 5.74) is 0. The average Bonchev–Trinajstić information content (AvgIpc) is 3.73. The van der Waals surface area contributed by atoms with Gasteiger partial charge in [0.25, 0.3) is 0 Å². The Kier molecular flexibility index (Phi) is 9.42. The van der Waals surface area contributed by atoms with Crippen LogP contribution >= 0.6 is 0 Å². The van der Waals surface area contributed by atoms with Crippen molar-refractivity contribution in [3.05, 3.63) is 0 Å². The first-order chi connectivity index (χ1) is 19.8. The van der Waals surface area contributed by atoms with Crippen molar-refractivity contribution in [1.29, 1.82) is 0 Å². The molecular weight excluding hydrogens is 578 g/mol. The van der Waals surface area contributed by atoms with Crippen molar-refractivity contribution in [2.24, 2.45) is 47.3 Å². The van der Waals surface area contributed by atoms with Gasteiger partial charge in [-0.25, -0.2) is 0 Å². The van der Waals surface area contributed by atoms with E-state index in [1.54, 1.807) is 0 Å². The van der Waals surface area contributed by atoms with E-state index in [0.717, 1.165) is 47.3 Å². The number of nitrogens with one attached hydrogen (secondary N) is 8. The minimum absolute atomic E-state index is 0. The van der Waals surface area contributed by atoms with E-state index in [2.05, 4.69) is 42.5 Å². The van der Waals surface area contributed by atoms with Crippen LogP contribution in [-0.2, 0) is 19.5 Å². The largest absolute Gasteiger partial charge is 0.412 e. The number of rotatable bonds is 0. The molecule has 4 saturated carbocycles. The van der Waals surface area contributed by atoms with Gasteiger partial charge in [0.2, 0.25) is 0 Å². The molecule has 0 amide bonds. The van der Waals surface area contributed by atoms with Crippen LogP contribution in [-0.4, -0.2) is 54.8 Å². The van der Waals surface area contributed by atoms with Crippen LogP contribution in [0.2, 0.25) is 0 Å². The maximum Gasteiger partial charge on any atom is 0.0628 e. The smallest absolute Gasteiger partial charge is 0.0628 e. The zero-order valence-electron chi connectivity index (χ0n) is 25.8. The minimum Gasteiger partial charge on any atom is -0.412 e. The Morgan fingerprint density at radius 3 is 0.476 bits per heavy atom. The summed E-state index contributed by atoms with van der Waals surface area (Å²) < 4.78 is 0. The SMILES string of the molecule is C1CCC2C3NC(NC4NC(NC5NC(NC6NC(N3)C3CCCCC63)C3CCCCC53)C3CCCCC43)C2C1.O.[Zn]. The second-order valence-corrected chi connectivity index (χ2v) is 15.6. The zero-order valence-corrected chi connectivity index (χ0v) is 28.7. The fourth-order valence-electron chi connectivity index (χ4n) is 12.0. The average molecular weight is 636 g/mol. The topological polar surface area (TPSA) is 128 Å². The molecule has 0 spiro atoms. The van der Waals surface area contributed by atoms with E-state index in [1.165, 1.54) is 103 Å². The molecule has 0 aromatic rings. The maximum absolute atomic E-state index is 4.26. The Morgan fingerprint density at radius 2 is 0.357 bits per heavy atom. The number of hydrogen-bond acceptors (Lipinski definition) is 8. The first-order valence-electron chi connectivity index (χ1n) is 17.9. The third kappa shape index (κ3) is 5.30. The van der Waals surface area contributed by atoms with Gasteiger partial charge in [-0.3, -0.25) is 42.5 Å². The second kappa shape index (κ2) is 12.8. The Morgan fingerprint density at radius 1 is 0.238 bits per heavy atom. The molecule has 9 fully saturated rings. The molecule has 8 unspecified atom stereocenters. The Hall–Kier alpha value is 0.263. The van der Waals surface area contributed by atoms with Crippen LogP contribution in [0.3, 0.4) is 0 Å². The molecule has 9 nitrogen and oxygen atoms in total. The number of hydrogen-bond donors (Lipinski definition) is 8. The van der Waals surface area contributed by atoms with Gasteiger partial charge in [0.05, 0.1) is 49.3 Å². The Balaban J connectivity index is 0.00000144. The summed E-state index contributed by atoms with van der Waals surface area (Å²) in [6.45, 7) is 0. The monoisotopic (exact) mass is 634 g/mol. The Bertz CT molecular complexity index is 723. The van der Waals surface area contributed by atoms with E-state index < -0.39 is 0 Å². The molecule has 234 valence electrons. The predicted octanol–water partition coefficient (Wildman–Crippen LogP) is 1.78. The van der Waals surface area contributed by atoms with Crippen molar-refractivity contribution in [2.45, 2.75) is 152 Å². The van der Waals surface area contributed by atoms with Crippen molar-refractivity contribution in [1.82, 2.24) is 42.5 Å². The van der Waals surface area contributed by atoms with Crippen LogP contribution in [0.25, 0.3) is 0 Å². The molecule has 5 saturated heterocycles. The van der Waals surface area contributed by atoms with Gasteiger partial charge in [-0.05, 0) is 98.7 Å². The summed E-state index contributed by atoms with van der Waals surface area (Å²) in [7, 11) is 0. The third-order valence-corrected chi connectivity index (χ3v) is 13.8. The zero-order chi connectivity index (χ0) is 26.2. The molecular formula is C32H58N8OZn. The van der Waals surface area contributed by atoms with Gasteiger partial charge in [0.15, 0.2) is 0 Å². The maximum atomic E-state index is 4.26. The Labute approximate surface area is 266 Å². The second-order valence-electron chi connectivity index (χ2n) is 15.6. The molecule has 0 radical (unpaired) electrons. The summed E-state index contributed by atoms with van der Waals surface area (Å²) in [6.07, 6.45) is 25.6. The van der Waals surface area contributed by atoms with Crippen molar-refractivity contribution >= 4 is 0 Å². The van der Waals surface area contributed by atoms with Gasteiger partial charge < -0.3 is 5.48 Å². The van der Waals surface area contributed by atoms with Crippen molar-refractivity contribution in [2.75, 3.05) is 0 Å². The van der Waals surface area contributed by atoms with Crippen LogP contribution in [0.5, 0.6) is 0 Å². The molecule has 0 aromatic heterocycles. The van der Waals surface area contributed by atoms with Gasteiger partial charge in [-0.2, -0.15) is 0 Å². The fraction of sp³-hybridized carbons (Fsp3) is 1.00. The summed E-state index contributed by atoms with van der Waals surface area (Å²) in [4.78, 5) is 0. The van der Waals surface area contributed by atoms with E-state index in [-0.39, 0.29) is 25.0 Å². The van der Waals surface area contributed by atoms with Gasteiger partial charge >= 0.3 is 0 Å². The van der Waals surface area contributed by atoms with E-state index in [4.69, 9.17) is 0 Å². The van der Waals surface area contributed by atoms with E-state index in [1.807, 2.05) is 0 Å².